The number of rotatable bonds is 6. The van der Waals surface area contributed by atoms with Gasteiger partial charge in [-0.05, 0) is 24.6 Å². The third-order valence-electron chi connectivity index (χ3n) is 2.20. The molecule has 1 atom stereocenters. The maximum absolute atomic E-state index is 12.9. The second kappa shape index (κ2) is 6.47. The normalized spacial score (nSPS) is 13.6. The van der Waals surface area contributed by atoms with Gasteiger partial charge >= 0.3 is 0 Å². The highest BCUT2D eigenvalue weighted by Crippen LogP contribution is 2.12. The van der Waals surface area contributed by atoms with Crippen LogP contribution in [-0.2, 0) is 10.0 Å². The average Bonchev–Trinajstić information content (AvgIpc) is 2.27. The van der Waals surface area contributed by atoms with E-state index in [0.717, 1.165) is 18.9 Å². The van der Waals surface area contributed by atoms with Gasteiger partial charge in [-0.15, -0.1) is 0 Å². The Kier molecular flexibility index (Phi) is 5.55. The van der Waals surface area contributed by atoms with Crippen molar-refractivity contribution in [1.29, 1.82) is 0 Å². The highest BCUT2D eigenvalue weighted by atomic mass is 79.9. The topological polar surface area (TPSA) is 46.2 Å². The summed E-state index contributed by atoms with van der Waals surface area (Å²) in [4.78, 5) is 0.0459. The lowest BCUT2D eigenvalue weighted by molar-refractivity contribution is 0.574. The molecule has 1 aromatic rings. The SMILES string of the molecule is CCCC(Br)CNS(=O)(=O)c1cccc(F)c1. The van der Waals surface area contributed by atoms with Gasteiger partial charge in [-0.25, -0.2) is 17.5 Å². The van der Waals surface area contributed by atoms with E-state index in [-0.39, 0.29) is 9.72 Å². The van der Waals surface area contributed by atoms with E-state index in [1.807, 2.05) is 6.92 Å². The first-order valence-corrected chi connectivity index (χ1v) is 7.75. The van der Waals surface area contributed by atoms with Gasteiger partial charge in [0, 0.05) is 11.4 Å². The molecule has 1 rings (SSSR count). The molecule has 1 N–H and O–H groups in total. The zero-order valence-corrected chi connectivity index (χ0v) is 11.9. The molecule has 0 spiro atoms. The summed E-state index contributed by atoms with van der Waals surface area (Å²) in [5, 5.41) is 0. The van der Waals surface area contributed by atoms with Crippen LogP contribution >= 0.6 is 15.9 Å². The maximum Gasteiger partial charge on any atom is 0.240 e. The van der Waals surface area contributed by atoms with E-state index in [0.29, 0.717) is 6.54 Å². The second-order valence-electron chi connectivity index (χ2n) is 3.70. The van der Waals surface area contributed by atoms with Gasteiger partial charge in [0.2, 0.25) is 10.0 Å². The molecule has 17 heavy (non-hydrogen) atoms. The molecule has 0 aliphatic heterocycles. The molecule has 1 aromatic carbocycles. The first-order chi connectivity index (χ1) is 7.95. The Morgan fingerprint density at radius 2 is 2.18 bits per heavy atom. The van der Waals surface area contributed by atoms with Gasteiger partial charge in [0.05, 0.1) is 4.90 Å². The van der Waals surface area contributed by atoms with Gasteiger partial charge in [0.1, 0.15) is 5.82 Å². The fraction of sp³-hybridized carbons (Fsp3) is 0.455. The summed E-state index contributed by atoms with van der Waals surface area (Å²) in [6.07, 6.45) is 1.85. The zero-order valence-electron chi connectivity index (χ0n) is 9.49. The largest absolute Gasteiger partial charge is 0.240 e. The van der Waals surface area contributed by atoms with Crippen LogP contribution in [0.15, 0.2) is 29.2 Å². The molecule has 0 fully saturated rings. The third-order valence-corrected chi connectivity index (χ3v) is 4.41. The van der Waals surface area contributed by atoms with Crippen molar-refractivity contribution in [2.24, 2.45) is 0 Å². The minimum Gasteiger partial charge on any atom is -0.210 e. The van der Waals surface area contributed by atoms with Gasteiger partial charge in [-0.2, -0.15) is 0 Å². The van der Waals surface area contributed by atoms with Crippen LogP contribution in [0.25, 0.3) is 0 Å². The molecule has 0 aliphatic carbocycles. The molecule has 0 amide bonds. The van der Waals surface area contributed by atoms with Gasteiger partial charge < -0.3 is 0 Å². The Balaban J connectivity index is 2.69. The number of halogens is 2. The molecule has 0 saturated heterocycles. The molecule has 0 saturated carbocycles. The van der Waals surface area contributed by atoms with Crippen LogP contribution in [0.3, 0.4) is 0 Å². The van der Waals surface area contributed by atoms with Crippen LogP contribution in [0, 0.1) is 5.82 Å². The zero-order chi connectivity index (χ0) is 12.9. The predicted molar refractivity (Wildman–Crippen MR) is 69.2 cm³/mol. The van der Waals surface area contributed by atoms with E-state index in [9.17, 15) is 12.8 Å². The summed E-state index contributed by atoms with van der Waals surface area (Å²) in [6.45, 7) is 2.32. The standard InChI is InChI=1S/C11H15BrFNO2S/c1-2-4-9(12)8-14-17(15,16)11-6-3-5-10(13)7-11/h3,5-7,9,14H,2,4,8H2,1H3. The van der Waals surface area contributed by atoms with Crippen LogP contribution < -0.4 is 4.72 Å². The molecule has 96 valence electrons. The molecule has 0 aliphatic rings. The van der Waals surface area contributed by atoms with Crippen molar-refractivity contribution in [3.8, 4) is 0 Å². The van der Waals surface area contributed by atoms with Crippen LogP contribution in [-0.4, -0.2) is 19.8 Å². The summed E-state index contributed by atoms with van der Waals surface area (Å²) >= 11 is 3.38. The van der Waals surface area contributed by atoms with Crippen molar-refractivity contribution in [2.75, 3.05) is 6.54 Å². The number of benzene rings is 1. The third kappa shape index (κ3) is 4.73. The molecule has 0 bridgehead atoms. The van der Waals surface area contributed by atoms with E-state index >= 15 is 0 Å². The average molecular weight is 324 g/mol. The summed E-state index contributed by atoms with van der Waals surface area (Å²) in [5.74, 6) is -0.558. The summed E-state index contributed by atoms with van der Waals surface area (Å²) in [6, 6.07) is 4.96. The first kappa shape index (κ1) is 14.6. The molecular weight excluding hydrogens is 309 g/mol. The first-order valence-electron chi connectivity index (χ1n) is 5.35. The van der Waals surface area contributed by atoms with Gasteiger partial charge in [-0.3, -0.25) is 0 Å². The van der Waals surface area contributed by atoms with Crippen LogP contribution in [0.2, 0.25) is 0 Å². The number of nitrogens with one attached hydrogen (secondary N) is 1. The Morgan fingerprint density at radius 1 is 1.47 bits per heavy atom. The summed E-state index contributed by atoms with van der Waals surface area (Å²) in [7, 11) is -3.62. The fourth-order valence-electron chi connectivity index (χ4n) is 1.33. The second-order valence-corrected chi connectivity index (χ2v) is 6.76. The monoisotopic (exact) mass is 323 g/mol. The minimum absolute atomic E-state index is 0.0475. The van der Waals surface area contributed by atoms with Crippen LogP contribution in [0.4, 0.5) is 4.39 Å². The Morgan fingerprint density at radius 3 is 2.76 bits per heavy atom. The number of alkyl halides is 1. The number of sulfonamides is 1. The Labute approximate surface area is 110 Å². The van der Waals surface area contributed by atoms with Crippen molar-refractivity contribution in [2.45, 2.75) is 29.5 Å². The van der Waals surface area contributed by atoms with E-state index < -0.39 is 15.8 Å². The van der Waals surface area contributed by atoms with E-state index in [1.54, 1.807) is 0 Å². The predicted octanol–water partition coefficient (Wildman–Crippen LogP) is 2.67. The Hall–Kier alpha value is -0.460. The maximum atomic E-state index is 12.9. The van der Waals surface area contributed by atoms with Gasteiger partial charge in [-0.1, -0.05) is 35.3 Å². The summed E-state index contributed by atoms with van der Waals surface area (Å²) < 4.78 is 39.0. The Bertz CT molecular complexity index is 464. The van der Waals surface area contributed by atoms with Crippen LogP contribution in [0.5, 0.6) is 0 Å². The molecule has 1 unspecified atom stereocenters. The molecule has 0 radical (unpaired) electrons. The molecule has 0 aromatic heterocycles. The summed E-state index contributed by atoms with van der Waals surface area (Å²) in [5.41, 5.74) is 0. The lowest BCUT2D eigenvalue weighted by Gasteiger charge is -2.10. The van der Waals surface area contributed by atoms with Crippen molar-refractivity contribution in [3.05, 3.63) is 30.1 Å². The van der Waals surface area contributed by atoms with Gasteiger partial charge in [0.15, 0.2) is 0 Å². The number of hydrogen-bond donors (Lipinski definition) is 1. The minimum atomic E-state index is -3.62. The molecular formula is C11H15BrFNO2S. The van der Waals surface area contributed by atoms with E-state index in [2.05, 4.69) is 20.7 Å². The lowest BCUT2D eigenvalue weighted by atomic mass is 10.2. The van der Waals surface area contributed by atoms with Crippen molar-refractivity contribution in [1.82, 2.24) is 4.72 Å². The van der Waals surface area contributed by atoms with E-state index in [1.165, 1.54) is 18.2 Å². The van der Waals surface area contributed by atoms with Crippen LogP contribution in [0.1, 0.15) is 19.8 Å². The number of hydrogen-bond acceptors (Lipinski definition) is 2. The lowest BCUT2D eigenvalue weighted by Crippen LogP contribution is -2.29. The van der Waals surface area contributed by atoms with Gasteiger partial charge in [0.25, 0.3) is 0 Å². The van der Waals surface area contributed by atoms with Crippen molar-refractivity contribution < 1.29 is 12.8 Å². The fourth-order valence-corrected chi connectivity index (χ4v) is 3.28. The smallest absolute Gasteiger partial charge is 0.210 e. The molecule has 0 heterocycles. The quantitative estimate of drug-likeness (QED) is 0.818. The molecule has 3 nitrogen and oxygen atoms in total. The van der Waals surface area contributed by atoms with E-state index in [4.69, 9.17) is 0 Å². The van der Waals surface area contributed by atoms with Crippen molar-refractivity contribution in [3.63, 3.8) is 0 Å². The highest BCUT2D eigenvalue weighted by molar-refractivity contribution is 9.09. The highest BCUT2D eigenvalue weighted by Gasteiger charge is 2.15. The molecule has 6 heteroatoms. The van der Waals surface area contributed by atoms with Crippen molar-refractivity contribution >= 4 is 26.0 Å².